The van der Waals surface area contributed by atoms with Crippen molar-refractivity contribution in [3.05, 3.63) is 65.2 Å². The third-order valence-electron chi connectivity index (χ3n) is 8.51. The van der Waals surface area contributed by atoms with Gasteiger partial charge in [-0.05, 0) is 61.9 Å². The highest BCUT2D eigenvalue weighted by molar-refractivity contribution is 5.88. The molecule has 0 fully saturated rings. The molecule has 2 aromatic rings. The number of hydrogen-bond donors (Lipinski definition) is 0. The smallest absolute Gasteiger partial charge is 0.333 e. The van der Waals surface area contributed by atoms with Gasteiger partial charge in [0, 0.05) is 37.2 Å². The number of unbranched alkanes of at least 4 members (excludes halogenated alkanes) is 7. The summed E-state index contributed by atoms with van der Waals surface area (Å²) in [6.45, 7) is 7.78. The van der Waals surface area contributed by atoms with Crippen LogP contribution in [0.15, 0.2) is 54.1 Å². The first kappa shape index (κ1) is 35.4. The summed E-state index contributed by atoms with van der Waals surface area (Å²) in [4.78, 5) is 12.2. The van der Waals surface area contributed by atoms with Gasteiger partial charge in [-0.2, -0.15) is 0 Å². The van der Waals surface area contributed by atoms with Gasteiger partial charge >= 0.3 is 5.97 Å². The Morgan fingerprint density at radius 1 is 0.886 bits per heavy atom. The zero-order valence-electron chi connectivity index (χ0n) is 27.7. The van der Waals surface area contributed by atoms with E-state index < -0.39 is 0 Å². The lowest BCUT2D eigenvalue weighted by Gasteiger charge is -2.43. The van der Waals surface area contributed by atoms with Crippen LogP contribution in [-0.4, -0.2) is 47.0 Å². The fourth-order valence-electron chi connectivity index (χ4n) is 6.01. The second-order valence-corrected chi connectivity index (χ2v) is 11.8. The highest BCUT2D eigenvalue weighted by Gasteiger charge is 2.42. The van der Waals surface area contributed by atoms with Crippen molar-refractivity contribution in [2.75, 3.05) is 41.0 Å². The van der Waals surface area contributed by atoms with Crippen molar-refractivity contribution >= 4 is 5.97 Å². The van der Waals surface area contributed by atoms with E-state index in [1.165, 1.54) is 36.8 Å². The number of carbonyl (C=O) groups excluding carboxylic acids is 1. The number of ether oxygens (including phenoxy) is 6. The lowest BCUT2D eigenvalue weighted by atomic mass is 9.66. The second-order valence-electron chi connectivity index (χ2n) is 11.8. The van der Waals surface area contributed by atoms with Crippen LogP contribution < -0.4 is 14.2 Å². The Hall–Kier alpha value is -3.03. The first-order valence-corrected chi connectivity index (χ1v) is 16.4. The molecule has 0 N–H and O–H groups in total. The number of rotatable bonds is 21. The van der Waals surface area contributed by atoms with E-state index in [1.54, 1.807) is 14.2 Å². The largest absolute Gasteiger partial charge is 0.492 e. The molecule has 7 nitrogen and oxygen atoms in total. The van der Waals surface area contributed by atoms with Crippen molar-refractivity contribution < 1.29 is 33.2 Å². The molecule has 0 amide bonds. The molecule has 2 unspecified atom stereocenters. The lowest BCUT2D eigenvalue weighted by Crippen LogP contribution is -2.40. The Balaban J connectivity index is 1.56. The topological polar surface area (TPSA) is 72.5 Å². The molecule has 0 radical (unpaired) electrons. The number of fused-ring (bicyclic) bond motifs is 1. The van der Waals surface area contributed by atoms with E-state index in [0.29, 0.717) is 19.1 Å². The highest BCUT2D eigenvalue weighted by Crippen LogP contribution is 2.50. The third-order valence-corrected chi connectivity index (χ3v) is 8.51. The summed E-state index contributed by atoms with van der Waals surface area (Å²) in [6, 6.07) is 14.5. The van der Waals surface area contributed by atoms with Gasteiger partial charge in [0.2, 0.25) is 0 Å². The van der Waals surface area contributed by atoms with E-state index in [-0.39, 0.29) is 25.0 Å². The molecule has 3 rings (SSSR count). The average Bonchev–Trinajstić information content (AvgIpc) is 3.04. The average molecular weight is 611 g/mol. The molecule has 244 valence electrons. The van der Waals surface area contributed by atoms with E-state index >= 15 is 0 Å². The van der Waals surface area contributed by atoms with Crippen molar-refractivity contribution in [2.24, 2.45) is 0 Å². The zero-order chi connectivity index (χ0) is 31.6. The quantitative estimate of drug-likeness (QED) is 0.0605. The minimum atomic E-state index is -0.177. The van der Waals surface area contributed by atoms with Crippen LogP contribution in [0.25, 0.3) is 0 Å². The lowest BCUT2D eigenvalue weighted by molar-refractivity contribution is -0.138. The van der Waals surface area contributed by atoms with Crippen LogP contribution in [0, 0.1) is 0 Å². The maximum Gasteiger partial charge on any atom is 0.333 e. The van der Waals surface area contributed by atoms with Crippen LogP contribution in [0.1, 0.15) is 108 Å². The van der Waals surface area contributed by atoms with Crippen LogP contribution in [0.5, 0.6) is 17.2 Å². The van der Waals surface area contributed by atoms with Crippen molar-refractivity contribution in [2.45, 2.75) is 103 Å². The Morgan fingerprint density at radius 2 is 1.52 bits per heavy atom. The molecule has 0 aromatic heterocycles. The third kappa shape index (κ3) is 10.6. The molecule has 7 heteroatoms. The van der Waals surface area contributed by atoms with Gasteiger partial charge in [0.25, 0.3) is 0 Å². The van der Waals surface area contributed by atoms with Crippen LogP contribution in [0.4, 0.5) is 0 Å². The molecule has 0 saturated carbocycles. The molecule has 1 aliphatic heterocycles. The van der Waals surface area contributed by atoms with Crippen LogP contribution in [-0.2, 0) is 24.4 Å². The molecule has 0 saturated heterocycles. The van der Waals surface area contributed by atoms with Gasteiger partial charge in [-0.3, -0.25) is 0 Å². The highest BCUT2D eigenvalue weighted by atomic mass is 16.7. The van der Waals surface area contributed by atoms with Gasteiger partial charge in [0.15, 0.2) is 13.6 Å². The summed E-state index contributed by atoms with van der Waals surface area (Å²) in [5, 5.41) is 0. The molecule has 44 heavy (non-hydrogen) atoms. The van der Waals surface area contributed by atoms with E-state index in [4.69, 9.17) is 28.4 Å². The SMILES string of the molecule is CCC/C=C(/CCCCCCCCCC1c2ccc(OCOC)cc2OCC1(C)c1ccc(OCOC)cc1)C(=O)OCC. The maximum atomic E-state index is 12.2. The molecule has 0 bridgehead atoms. The van der Waals surface area contributed by atoms with Gasteiger partial charge in [-0.1, -0.05) is 83.1 Å². The number of hydrogen-bond acceptors (Lipinski definition) is 7. The van der Waals surface area contributed by atoms with Crippen LogP contribution in [0.2, 0.25) is 0 Å². The van der Waals surface area contributed by atoms with Crippen molar-refractivity contribution in [1.29, 1.82) is 0 Å². The molecule has 2 atom stereocenters. The van der Waals surface area contributed by atoms with Gasteiger partial charge < -0.3 is 28.4 Å². The monoisotopic (exact) mass is 610 g/mol. The van der Waals surface area contributed by atoms with E-state index in [9.17, 15) is 4.79 Å². The van der Waals surface area contributed by atoms with Crippen LogP contribution >= 0.6 is 0 Å². The number of esters is 1. The Bertz CT molecular complexity index is 1140. The number of methoxy groups -OCH3 is 2. The predicted octanol–water partition coefficient (Wildman–Crippen LogP) is 8.89. The standard InChI is InChI=1S/C37H54O7/c1-6-8-16-29(36(38)41-7-2)17-14-12-10-9-11-13-15-18-34-33-24-23-32(44-28-40-5)25-35(33)42-26-37(34,3)30-19-21-31(22-20-30)43-27-39-4/h16,19-25,34H,6-15,17-18,26-28H2,1-5H3/b29-16-. The number of allylic oxidation sites excluding steroid dienone is 1. The first-order valence-electron chi connectivity index (χ1n) is 16.4. The first-order chi connectivity index (χ1) is 21.5. The zero-order valence-corrected chi connectivity index (χ0v) is 27.7. The second kappa shape index (κ2) is 19.4. The van der Waals surface area contributed by atoms with Crippen molar-refractivity contribution in [3.63, 3.8) is 0 Å². The normalized spacial score (nSPS) is 17.9. The molecular weight excluding hydrogens is 556 g/mol. The summed E-state index contributed by atoms with van der Waals surface area (Å²) in [7, 11) is 3.24. The van der Waals surface area contributed by atoms with Crippen LogP contribution in [0.3, 0.4) is 0 Å². The molecular formula is C37H54O7. The minimum Gasteiger partial charge on any atom is -0.492 e. The van der Waals surface area contributed by atoms with Gasteiger partial charge in [0.05, 0.1) is 13.2 Å². The van der Waals surface area contributed by atoms with Gasteiger partial charge in [0.1, 0.15) is 17.2 Å². The summed E-state index contributed by atoms with van der Waals surface area (Å²) < 4.78 is 33.1. The Morgan fingerprint density at radius 3 is 2.18 bits per heavy atom. The Kier molecular flexibility index (Phi) is 15.6. The predicted molar refractivity (Wildman–Crippen MR) is 175 cm³/mol. The summed E-state index contributed by atoms with van der Waals surface area (Å²) >= 11 is 0. The fourth-order valence-corrected chi connectivity index (χ4v) is 6.01. The van der Waals surface area contributed by atoms with E-state index in [2.05, 4.69) is 38.1 Å². The molecule has 1 aliphatic rings. The maximum absolute atomic E-state index is 12.2. The van der Waals surface area contributed by atoms with E-state index in [1.807, 2.05) is 31.2 Å². The molecule has 2 aromatic carbocycles. The van der Waals surface area contributed by atoms with Gasteiger partial charge in [-0.25, -0.2) is 4.79 Å². The fraction of sp³-hybridized carbons (Fsp3) is 0.595. The van der Waals surface area contributed by atoms with E-state index in [0.717, 1.165) is 67.8 Å². The summed E-state index contributed by atoms with van der Waals surface area (Å²) in [5.41, 5.74) is 3.15. The summed E-state index contributed by atoms with van der Waals surface area (Å²) in [6.07, 6.45) is 14.1. The number of carbonyl (C=O) groups is 1. The van der Waals surface area contributed by atoms with Gasteiger partial charge in [-0.15, -0.1) is 0 Å². The minimum absolute atomic E-state index is 0.142. The molecule has 1 heterocycles. The molecule has 0 spiro atoms. The Labute approximate surface area is 265 Å². The van der Waals surface area contributed by atoms with Crippen molar-refractivity contribution in [3.8, 4) is 17.2 Å². The van der Waals surface area contributed by atoms with Crippen molar-refractivity contribution in [1.82, 2.24) is 0 Å². The number of benzene rings is 2. The summed E-state index contributed by atoms with van der Waals surface area (Å²) in [5.74, 6) is 2.61. The molecule has 0 aliphatic carbocycles.